The van der Waals surface area contributed by atoms with Crippen molar-refractivity contribution in [2.24, 2.45) is 0 Å². The number of fused-ring (bicyclic) bond motifs is 1. The van der Waals surface area contributed by atoms with Gasteiger partial charge in [0.2, 0.25) is 0 Å². The maximum absolute atomic E-state index is 4.52. The zero-order valence-electron chi connectivity index (χ0n) is 8.09. The number of rotatable bonds is 1. The second-order valence-corrected chi connectivity index (χ2v) is 5.08. The van der Waals surface area contributed by atoms with E-state index in [9.17, 15) is 0 Å². The van der Waals surface area contributed by atoms with Gasteiger partial charge < -0.3 is 0 Å². The van der Waals surface area contributed by atoms with E-state index in [-0.39, 0.29) is 0 Å². The Morgan fingerprint density at radius 3 is 3.00 bits per heavy atom. The fraction of sp³-hybridized carbons (Fsp3) is 0. The van der Waals surface area contributed by atoms with Crippen molar-refractivity contribution >= 4 is 37.5 Å². The molecule has 0 aliphatic heterocycles. The van der Waals surface area contributed by atoms with Gasteiger partial charge in [-0.1, -0.05) is 0 Å². The first-order chi connectivity index (χ1) is 7.83. The second kappa shape index (κ2) is 3.92. The van der Waals surface area contributed by atoms with Gasteiger partial charge in [0, 0.05) is 18.0 Å². The highest BCUT2D eigenvalue weighted by Crippen LogP contribution is 2.30. The Hall–Kier alpha value is -1.33. The monoisotopic (exact) mass is 291 g/mol. The third-order valence-corrected chi connectivity index (χ3v) is 3.65. The van der Waals surface area contributed by atoms with Gasteiger partial charge in [-0.15, -0.1) is 11.3 Å². The van der Waals surface area contributed by atoms with Gasteiger partial charge in [0.05, 0.1) is 10.9 Å². The molecule has 3 aromatic heterocycles. The van der Waals surface area contributed by atoms with Gasteiger partial charge in [-0.05, 0) is 34.1 Å². The first kappa shape index (κ1) is 9.86. The minimum absolute atomic E-state index is 0.835. The minimum Gasteiger partial charge on any atom is -0.264 e. The molecule has 3 aromatic rings. The predicted octanol–water partition coefficient (Wildman–Crippen LogP) is 3.52. The molecule has 0 unspecified atom stereocenters. The van der Waals surface area contributed by atoms with Gasteiger partial charge in [0.25, 0.3) is 0 Å². The van der Waals surface area contributed by atoms with E-state index >= 15 is 0 Å². The summed E-state index contributed by atoms with van der Waals surface area (Å²) in [5.74, 6) is 0. The summed E-state index contributed by atoms with van der Waals surface area (Å²) in [6, 6.07) is 5.90. The molecule has 0 amide bonds. The maximum Gasteiger partial charge on any atom is 0.126 e. The van der Waals surface area contributed by atoms with E-state index in [1.54, 1.807) is 23.7 Å². The summed E-state index contributed by atoms with van der Waals surface area (Å²) in [6.07, 6.45) is 5.35. The van der Waals surface area contributed by atoms with Crippen LogP contribution in [-0.4, -0.2) is 15.0 Å². The fourth-order valence-corrected chi connectivity index (χ4v) is 2.87. The van der Waals surface area contributed by atoms with Crippen molar-refractivity contribution in [2.45, 2.75) is 0 Å². The van der Waals surface area contributed by atoms with Crippen molar-refractivity contribution in [1.82, 2.24) is 15.0 Å². The normalized spacial score (nSPS) is 10.8. The summed E-state index contributed by atoms with van der Waals surface area (Å²) in [5.41, 5.74) is 1.96. The van der Waals surface area contributed by atoms with Crippen LogP contribution < -0.4 is 0 Å². The molecule has 16 heavy (non-hydrogen) atoms. The average molecular weight is 292 g/mol. The van der Waals surface area contributed by atoms with Crippen molar-refractivity contribution in [2.75, 3.05) is 0 Å². The molecule has 0 saturated carbocycles. The molecule has 3 nitrogen and oxygen atoms in total. The average Bonchev–Trinajstić information content (AvgIpc) is 2.73. The van der Waals surface area contributed by atoms with Crippen LogP contribution in [0.3, 0.4) is 0 Å². The molecule has 0 bridgehead atoms. The van der Waals surface area contributed by atoms with E-state index in [0.717, 1.165) is 25.4 Å². The Kier molecular flexibility index (Phi) is 2.41. The third-order valence-electron chi connectivity index (χ3n) is 2.15. The van der Waals surface area contributed by atoms with Crippen molar-refractivity contribution in [3.63, 3.8) is 0 Å². The standard InChI is InChI=1S/C11H6BrN3S/c12-10-4-9-8(6-14-10)15-11(16-9)7-2-1-3-13-5-7/h1-6H. The highest BCUT2D eigenvalue weighted by Gasteiger charge is 2.06. The van der Waals surface area contributed by atoms with E-state index in [0.29, 0.717) is 0 Å². The Morgan fingerprint density at radius 1 is 1.25 bits per heavy atom. The highest BCUT2D eigenvalue weighted by atomic mass is 79.9. The molecule has 0 aromatic carbocycles. The van der Waals surface area contributed by atoms with E-state index in [1.165, 1.54) is 0 Å². The molecule has 0 aliphatic rings. The van der Waals surface area contributed by atoms with Crippen LogP contribution in [0.2, 0.25) is 0 Å². The molecular formula is C11H6BrN3S. The van der Waals surface area contributed by atoms with Crippen molar-refractivity contribution < 1.29 is 0 Å². The van der Waals surface area contributed by atoms with Crippen LogP contribution >= 0.6 is 27.3 Å². The summed E-state index contributed by atoms with van der Waals surface area (Å²) >= 11 is 5.00. The van der Waals surface area contributed by atoms with Gasteiger partial charge in [0.1, 0.15) is 15.1 Å². The lowest BCUT2D eigenvalue weighted by atomic mass is 10.3. The zero-order chi connectivity index (χ0) is 11.0. The summed E-state index contributed by atoms with van der Waals surface area (Å²) in [4.78, 5) is 12.8. The van der Waals surface area contributed by atoms with Crippen LogP contribution in [0.15, 0.2) is 41.4 Å². The lowest BCUT2D eigenvalue weighted by molar-refractivity contribution is 1.29. The van der Waals surface area contributed by atoms with Crippen molar-refractivity contribution in [3.05, 3.63) is 41.4 Å². The predicted molar refractivity (Wildman–Crippen MR) is 68.3 cm³/mol. The number of nitrogens with zero attached hydrogens (tertiary/aromatic N) is 3. The Morgan fingerprint density at radius 2 is 2.19 bits per heavy atom. The van der Waals surface area contributed by atoms with Gasteiger partial charge in [-0.25, -0.2) is 9.97 Å². The second-order valence-electron chi connectivity index (χ2n) is 3.24. The molecule has 0 radical (unpaired) electrons. The van der Waals surface area contributed by atoms with Crippen LogP contribution in [0.4, 0.5) is 0 Å². The number of halogens is 1. The first-order valence-corrected chi connectivity index (χ1v) is 6.26. The van der Waals surface area contributed by atoms with E-state index in [1.807, 2.05) is 24.4 Å². The van der Waals surface area contributed by atoms with Crippen LogP contribution in [-0.2, 0) is 0 Å². The molecule has 0 atom stereocenters. The van der Waals surface area contributed by atoms with Crippen molar-refractivity contribution in [3.8, 4) is 10.6 Å². The molecular weight excluding hydrogens is 286 g/mol. The van der Waals surface area contributed by atoms with Gasteiger partial charge in [-0.3, -0.25) is 4.98 Å². The number of pyridine rings is 2. The number of thiazole rings is 1. The lowest BCUT2D eigenvalue weighted by Crippen LogP contribution is -1.77. The van der Waals surface area contributed by atoms with Crippen molar-refractivity contribution in [1.29, 1.82) is 0 Å². The lowest BCUT2D eigenvalue weighted by Gasteiger charge is -1.91. The summed E-state index contributed by atoms with van der Waals surface area (Å²) in [5, 5.41) is 0.975. The molecule has 78 valence electrons. The van der Waals surface area contributed by atoms with Crippen LogP contribution in [0.1, 0.15) is 0 Å². The quantitative estimate of drug-likeness (QED) is 0.644. The molecule has 0 N–H and O–H groups in total. The molecule has 0 saturated heterocycles. The minimum atomic E-state index is 0.835. The summed E-state index contributed by atoms with van der Waals surface area (Å²) < 4.78 is 1.96. The Balaban J connectivity index is 2.19. The highest BCUT2D eigenvalue weighted by molar-refractivity contribution is 9.10. The smallest absolute Gasteiger partial charge is 0.126 e. The van der Waals surface area contributed by atoms with Gasteiger partial charge >= 0.3 is 0 Å². The summed E-state index contributed by atoms with van der Waals surface area (Å²) in [6.45, 7) is 0. The Labute approximate surface area is 104 Å². The van der Waals surface area contributed by atoms with E-state index < -0.39 is 0 Å². The topological polar surface area (TPSA) is 38.7 Å². The number of aromatic nitrogens is 3. The SMILES string of the molecule is Brc1cc2sc(-c3cccnc3)nc2cn1. The molecule has 5 heteroatoms. The third kappa shape index (κ3) is 1.72. The number of hydrogen-bond donors (Lipinski definition) is 0. The number of hydrogen-bond acceptors (Lipinski definition) is 4. The van der Waals surface area contributed by atoms with E-state index in [2.05, 4.69) is 30.9 Å². The van der Waals surface area contributed by atoms with Crippen LogP contribution in [0.5, 0.6) is 0 Å². The largest absolute Gasteiger partial charge is 0.264 e. The molecule has 0 aliphatic carbocycles. The van der Waals surface area contributed by atoms with Gasteiger partial charge in [-0.2, -0.15) is 0 Å². The molecule has 0 fully saturated rings. The fourth-order valence-electron chi connectivity index (χ4n) is 1.42. The first-order valence-electron chi connectivity index (χ1n) is 4.65. The Bertz CT molecular complexity index is 636. The van der Waals surface area contributed by atoms with Crippen LogP contribution in [0.25, 0.3) is 20.8 Å². The maximum atomic E-state index is 4.52. The summed E-state index contributed by atoms with van der Waals surface area (Å²) in [7, 11) is 0. The van der Waals surface area contributed by atoms with Crippen LogP contribution in [0, 0.1) is 0 Å². The molecule has 3 heterocycles. The molecule has 0 spiro atoms. The van der Waals surface area contributed by atoms with Gasteiger partial charge in [0.15, 0.2) is 0 Å². The molecule has 3 rings (SSSR count). The van der Waals surface area contributed by atoms with E-state index in [4.69, 9.17) is 0 Å². The zero-order valence-corrected chi connectivity index (χ0v) is 10.5.